The number of halogens is 3. The van der Waals surface area contributed by atoms with Gasteiger partial charge >= 0.3 is 6.18 Å². The standard InChI is InChI=1S/C7H11F3N2O/c8-7(9,10)1-3-12-4-2-11-6(13)5-12/h1-5H2,(H,11,13). The highest BCUT2D eigenvalue weighted by atomic mass is 19.4. The fourth-order valence-electron chi connectivity index (χ4n) is 1.17. The molecule has 0 spiro atoms. The molecule has 0 aromatic carbocycles. The molecule has 1 amide bonds. The van der Waals surface area contributed by atoms with Crippen LogP contribution in [0.5, 0.6) is 0 Å². The number of hydrogen-bond donors (Lipinski definition) is 1. The highest BCUT2D eigenvalue weighted by Gasteiger charge is 2.28. The molecule has 76 valence electrons. The molecule has 1 N–H and O–H groups in total. The van der Waals surface area contributed by atoms with E-state index in [-0.39, 0.29) is 19.0 Å². The molecule has 3 nitrogen and oxygen atoms in total. The fourth-order valence-corrected chi connectivity index (χ4v) is 1.17. The van der Waals surface area contributed by atoms with Crippen molar-refractivity contribution in [3.63, 3.8) is 0 Å². The molecular weight excluding hydrogens is 185 g/mol. The number of amides is 1. The Hall–Kier alpha value is -0.780. The Morgan fingerprint density at radius 2 is 2.15 bits per heavy atom. The quantitative estimate of drug-likeness (QED) is 0.692. The van der Waals surface area contributed by atoms with Crippen LogP contribution in [0.25, 0.3) is 0 Å². The zero-order valence-corrected chi connectivity index (χ0v) is 7.02. The molecule has 13 heavy (non-hydrogen) atoms. The molecule has 0 radical (unpaired) electrons. The van der Waals surface area contributed by atoms with Gasteiger partial charge in [0.1, 0.15) is 0 Å². The molecule has 1 saturated heterocycles. The van der Waals surface area contributed by atoms with Crippen LogP contribution in [0.15, 0.2) is 0 Å². The molecule has 0 unspecified atom stereocenters. The van der Waals surface area contributed by atoms with Crippen molar-refractivity contribution in [3.05, 3.63) is 0 Å². The lowest BCUT2D eigenvalue weighted by molar-refractivity contribution is -0.141. The third kappa shape index (κ3) is 4.12. The van der Waals surface area contributed by atoms with Gasteiger partial charge in [0.25, 0.3) is 0 Å². The van der Waals surface area contributed by atoms with Gasteiger partial charge in [0, 0.05) is 19.6 Å². The van der Waals surface area contributed by atoms with Crippen LogP contribution in [0.4, 0.5) is 13.2 Å². The lowest BCUT2D eigenvalue weighted by Crippen LogP contribution is -2.48. The first-order chi connectivity index (χ1) is 5.97. The average Bonchev–Trinajstić information content (AvgIpc) is 2.00. The Bertz CT molecular complexity index is 193. The highest BCUT2D eigenvalue weighted by Crippen LogP contribution is 2.19. The molecule has 0 aromatic heterocycles. The van der Waals surface area contributed by atoms with Crippen molar-refractivity contribution in [2.75, 3.05) is 26.2 Å². The normalized spacial score (nSPS) is 20.1. The Balaban J connectivity index is 2.25. The van der Waals surface area contributed by atoms with Crippen LogP contribution in [-0.2, 0) is 4.79 Å². The maximum Gasteiger partial charge on any atom is 0.390 e. The highest BCUT2D eigenvalue weighted by molar-refractivity contribution is 5.78. The molecule has 0 atom stereocenters. The van der Waals surface area contributed by atoms with E-state index in [9.17, 15) is 18.0 Å². The topological polar surface area (TPSA) is 32.3 Å². The smallest absolute Gasteiger partial charge is 0.354 e. The van der Waals surface area contributed by atoms with Gasteiger partial charge in [0.05, 0.1) is 13.0 Å². The molecule has 0 bridgehead atoms. The van der Waals surface area contributed by atoms with E-state index in [0.717, 1.165) is 0 Å². The van der Waals surface area contributed by atoms with E-state index in [2.05, 4.69) is 5.32 Å². The van der Waals surface area contributed by atoms with Crippen LogP contribution in [-0.4, -0.2) is 43.2 Å². The van der Waals surface area contributed by atoms with Crippen LogP contribution in [0.1, 0.15) is 6.42 Å². The van der Waals surface area contributed by atoms with Gasteiger partial charge in [0.15, 0.2) is 0 Å². The molecule has 1 aliphatic heterocycles. The molecule has 1 heterocycles. The third-order valence-electron chi connectivity index (χ3n) is 1.83. The van der Waals surface area contributed by atoms with Crippen molar-refractivity contribution in [1.29, 1.82) is 0 Å². The van der Waals surface area contributed by atoms with Crippen LogP contribution in [0, 0.1) is 0 Å². The lowest BCUT2D eigenvalue weighted by Gasteiger charge is -2.26. The maximum absolute atomic E-state index is 11.8. The first-order valence-electron chi connectivity index (χ1n) is 4.03. The largest absolute Gasteiger partial charge is 0.390 e. The van der Waals surface area contributed by atoms with E-state index < -0.39 is 12.6 Å². The summed E-state index contributed by atoms with van der Waals surface area (Å²) >= 11 is 0. The van der Waals surface area contributed by atoms with Gasteiger partial charge in [0.2, 0.25) is 5.91 Å². The van der Waals surface area contributed by atoms with Gasteiger partial charge in [-0.2, -0.15) is 13.2 Å². The minimum atomic E-state index is -4.13. The molecule has 0 aliphatic carbocycles. The number of carbonyl (C=O) groups excluding carboxylic acids is 1. The Morgan fingerprint density at radius 3 is 2.69 bits per heavy atom. The van der Waals surface area contributed by atoms with Crippen molar-refractivity contribution < 1.29 is 18.0 Å². The van der Waals surface area contributed by atoms with Gasteiger partial charge < -0.3 is 5.32 Å². The van der Waals surface area contributed by atoms with Crippen LogP contribution in [0.3, 0.4) is 0 Å². The zero-order chi connectivity index (χ0) is 9.90. The van der Waals surface area contributed by atoms with E-state index in [1.165, 1.54) is 4.90 Å². The van der Waals surface area contributed by atoms with Gasteiger partial charge in [-0.05, 0) is 0 Å². The van der Waals surface area contributed by atoms with E-state index in [4.69, 9.17) is 0 Å². The number of nitrogens with one attached hydrogen (secondary N) is 1. The molecule has 1 aliphatic rings. The van der Waals surface area contributed by atoms with Gasteiger partial charge in [-0.15, -0.1) is 0 Å². The van der Waals surface area contributed by atoms with Crippen molar-refractivity contribution in [2.45, 2.75) is 12.6 Å². The van der Waals surface area contributed by atoms with E-state index in [1.54, 1.807) is 0 Å². The number of hydrogen-bond acceptors (Lipinski definition) is 2. The minimum absolute atomic E-state index is 0.0794. The van der Waals surface area contributed by atoms with E-state index >= 15 is 0 Å². The Labute approximate surface area is 73.9 Å². The predicted molar refractivity (Wildman–Crippen MR) is 40.1 cm³/mol. The number of nitrogens with zero attached hydrogens (tertiary/aromatic N) is 1. The van der Waals surface area contributed by atoms with Crippen molar-refractivity contribution in [2.24, 2.45) is 0 Å². The molecule has 1 rings (SSSR count). The number of alkyl halides is 3. The minimum Gasteiger partial charge on any atom is -0.354 e. The summed E-state index contributed by atoms with van der Waals surface area (Å²) in [6.07, 6.45) is -4.98. The summed E-state index contributed by atoms with van der Waals surface area (Å²) in [5.41, 5.74) is 0. The molecule has 1 fully saturated rings. The molecular formula is C7H11F3N2O. The number of rotatable bonds is 2. The summed E-state index contributed by atoms with van der Waals surface area (Å²) in [6.45, 7) is 0.936. The van der Waals surface area contributed by atoms with Gasteiger partial charge in [-0.1, -0.05) is 0 Å². The second-order valence-corrected chi connectivity index (χ2v) is 2.99. The van der Waals surface area contributed by atoms with Crippen LogP contribution < -0.4 is 5.32 Å². The summed E-state index contributed by atoms with van der Waals surface area (Å²) in [4.78, 5) is 12.3. The SMILES string of the molecule is O=C1CN(CCC(F)(F)F)CCN1. The number of piperazine rings is 1. The van der Waals surface area contributed by atoms with Crippen molar-refractivity contribution in [1.82, 2.24) is 10.2 Å². The zero-order valence-electron chi connectivity index (χ0n) is 7.02. The van der Waals surface area contributed by atoms with Gasteiger partial charge in [-0.3, -0.25) is 9.69 Å². The van der Waals surface area contributed by atoms with Crippen molar-refractivity contribution in [3.8, 4) is 0 Å². The summed E-state index contributed by atoms with van der Waals surface area (Å²) in [5, 5.41) is 2.55. The van der Waals surface area contributed by atoms with Crippen LogP contribution in [0.2, 0.25) is 0 Å². The average molecular weight is 196 g/mol. The fraction of sp³-hybridized carbons (Fsp3) is 0.857. The summed E-state index contributed by atoms with van der Waals surface area (Å²) < 4.78 is 35.3. The number of carbonyl (C=O) groups is 1. The monoisotopic (exact) mass is 196 g/mol. The summed E-state index contributed by atoms with van der Waals surface area (Å²) in [6, 6.07) is 0. The summed E-state index contributed by atoms with van der Waals surface area (Å²) in [7, 11) is 0. The second-order valence-electron chi connectivity index (χ2n) is 2.99. The Kier molecular flexibility index (Phi) is 3.13. The maximum atomic E-state index is 11.8. The van der Waals surface area contributed by atoms with Crippen molar-refractivity contribution >= 4 is 5.91 Å². The first-order valence-corrected chi connectivity index (χ1v) is 4.03. The molecule has 6 heteroatoms. The lowest BCUT2D eigenvalue weighted by atomic mass is 10.3. The first kappa shape index (κ1) is 10.3. The second kappa shape index (κ2) is 3.95. The van der Waals surface area contributed by atoms with Gasteiger partial charge in [-0.25, -0.2) is 0 Å². The Morgan fingerprint density at radius 1 is 1.46 bits per heavy atom. The molecule has 0 aromatic rings. The molecule has 0 saturated carbocycles. The van der Waals surface area contributed by atoms with Crippen LogP contribution >= 0.6 is 0 Å². The van der Waals surface area contributed by atoms with E-state index in [1.807, 2.05) is 0 Å². The summed E-state index contributed by atoms with van der Waals surface area (Å²) in [5.74, 6) is -0.201. The third-order valence-corrected chi connectivity index (χ3v) is 1.83. The predicted octanol–water partition coefficient (Wildman–Crippen LogP) is 0.371. The van der Waals surface area contributed by atoms with E-state index in [0.29, 0.717) is 13.1 Å².